The summed E-state index contributed by atoms with van der Waals surface area (Å²) in [6.07, 6.45) is 1.01. The second-order valence-electron chi connectivity index (χ2n) is 4.40. The summed E-state index contributed by atoms with van der Waals surface area (Å²) in [5, 5.41) is 8.94. The number of aromatic nitrogens is 3. The fourth-order valence-corrected chi connectivity index (χ4v) is 2.00. The smallest absolute Gasteiger partial charge is 0.248 e. The molecule has 1 aliphatic carbocycles. The predicted molar refractivity (Wildman–Crippen MR) is 55.2 cm³/mol. The van der Waals surface area contributed by atoms with Crippen molar-refractivity contribution in [2.75, 3.05) is 0 Å². The Bertz CT molecular complexity index is 393. The van der Waals surface area contributed by atoms with Crippen molar-refractivity contribution in [3.8, 4) is 0 Å². The van der Waals surface area contributed by atoms with Crippen molar-refractivity contribution in [3.05, 3.63) is 12.2 Å². The fourth-order valence-electron chi connectivity index (χ4n) is 2.00. The maximum atomic E-state index is 13.0. The van der Waals surface area contributed by atoms with Crippen molar-refractivity contribution in [1.29, 1.82) is 0 Å². The highest BCUT2D eigenvalue weighted by Crippen LogP contribution is 2.38. The Balaban J connectivity index is 1.90. The fraction of sp³-hybridized carbons (Fsp3) is 0.700. The third kappa shape index (κ3) is 2.78. The summed E-state index contributed by atoms with van der Waals surface area (Å²) in [4.78, 5) is 15.6. The van der Waals surface area contributed by atoms with Crippen molar-refractivity contribution >= 4 is 5.91 Å². The molecule has 0 spiro atoms. The van der Waals surface area contributed by atoms with Crippen LogP contribution in [0.4, 0.5) is 8.78 Å². The first-order valence-corrected chi connectivity index (χ1v) is 5.51. The molecule has 2 N–H and O–H groups in total. The first-order chi connectivity index (χ1) is 7.98. The average molecular weight is 244 g/mol. The molecular formula is C10H14F2N4O. The van der Waals surface area contributed by atoms with E-state index in [1.165, 1.54) is 6.33 Å². The molecule has 0 saturated heterocycles. The van der Waals surface area contributed by atoms with Crippen LogP contribution in [0.1, 0.15) is 38.1 Å². The lowest BCUT2D eigenvalue weighted by molar-refractivity contribution is -0.126. The lowest BCUT2D eigenvalue weighted by atomic mass is 10.1. The van der Waals surface area contributed by atoms with Crippen LogP contribution in [0.2, 0.25) is 0 Å². The number of carbonyl (C=O) groups excluding carboxylic acids is 1. The van der Waals surface area contributed by atoms with Gasteiger partial charge in [-0.15, -0.1) is 0 Å². The molecule has 1 saturated carbocycles. The minimum atomic E-state index is -2.70. The highest BCUT2D eigenvalue weighted by Gasteiger charge is 2.42. The number of carbonyl (C=O) groups is 1. The van der Waals surface area contributed by atoms with Crippen LogP contribution in [0, 0.1) is 5.92 Å². The lowest BCUT2D eigenvalue weighted by Crippen LogP contribution is -2.32. The Morgan fingerprint density at radius 1 is 1.71 bits per heavy atom. The SMILES string of the molecule is CC(NC(=O)C1CCC(F)(F)C1)c1ncn[nH]1. The summed E-state index contributed by atoms with van der Waals surface area (Å²) in [5.74, 6) is -3.12. The van der Waals surface area contributed by atoms with Gasteiger partial charge < -0.3 is 5.32 Å². The number of aromatic amines is 1. The molecule has 5 nitrogen and oxygen atoms in total. The molecule has 1 heterocycles. The molecule has 94 valence electrons. The number of hydrogen-bond acceptors (Lipinski definition) is 3. The number of hydrogen-bond donors (Lipinski definition) is 2. The number of halogens is 2. The molecule has 2 rings (SSSR count). The van der Waals surface area contributed by atoms with E-state index in [1.54, 1.807) is 6.92 Å². The third-order valence-corrected chi connectivity index (χ3v) is 2.98. The number of alkyl halides is 2. The van der Waals surface area contributed by atoms with E-state index >= 15 is 0 Å². The van der Waals surface area contributed by atoms with Gasteiger partial charge in [0.1, 0.15) is 12.2 Å². The van der Waals surface area contributed by atoms with Crippen LogP contribution in [0.15, 0.2) is 6.33 Å². The Morgan fingerprint density at radius 2 is 2.47 bits per heavy atom. The Labute approximate surface area is 97.0 Å². The second kappa shape index (κ2) is 4.38. The van der Waals surface area contributed by atoms with Gasteiger partial charge in [0, 0.05) is 18.8 Å². The summed E-state index contributed by atoms with van der Waals surface area (Å²) in [6.45, 7) is 1.73. The topological polar surface area (TPSA) is 70.7 Å². The predicted octanol–water partition coefficient (Wildman–Crippen LogP) is 1.42. The number of amides is 1. The molecule has 0 aliphatic heterocycles. The van der Waals surface area contributed by atoms with E-state index in [4.69, 9.17) is 0 Å². The molecule has 17 heavy (non-hydrogen) atoms. The van der Waals surface area contributed by atoms with E-state index in [0.29, 0.717) is 5.82 Å². The van der Waals surface area contributed by atoms with Crippen LogP contribution in [0.25, 0.3) is 0 Å². The molecule has 1 aliphatic rings. The zero-order valence-electron chi connectivity index (χ0n) is 9.41. The lowest BCUT2D eigenvalue weighted by Gasteiger charge is -2.15. The van der Waals surface area contributed by atoms with Crippen LogP contribution in [0.3, 0.4) is 0 Å². The van der Waals surface area contributed by atoms with Crippen molar-refractivity contribution in [2.45, 2.75) is 38.2 Å². The van der Waals surface area contributed by atoms with E-state index in [1.807, 2.05) is 0 Å². The quantitative estimate of drug-likeness (QED) is 0.844. The molecule has 0 radical (unpaired) electrons. The van der Waals surface area contributed by atoms with Gasteiger partial charge in [0.15, 0.2) is 0 Å². The van der Waals surface area contributed by atoms with E-state index in [2.05, 4.69) is 20.5 Å². The highest BCUT2D eigenvalue weighted by atomic mass is 19.3. The Hall–Kier alpha value is -1.53. The van der Waals surface area contributed by atoms with E-state index in [0.717, 1.165) is 0 Å². The summed E-state index contributed by atoms with van der Waals surface area (Å²) >= 11 is 0. The zero-order valence-corrected chi connectivity index (χ0v) is 9.41. The van der Waals surface area contributed by atoms with Crippen molar-refractivity contribution in [3.63, 3.8) is 0 Å². The van der Waals surface area contributed by atoms with Gasteiger partial charge in [-0.05, 0) is 13.3 Å². The van der Waals surface area contributed by atoms with Crippen LogP contribution in [-0.2, 0) is 4.79 Å². The van der Waals surface area contributed by atoms with Crippen LogP contribution < -0.4 is 5.32 Å². The van der Waals surface area contributed by atoms with E-state index in [9.17, 15) is 13.6 Å². The standard InChI is InChI=1S/C10H14F2N4O/c1-6(8-13-5-14-16-8)15-9(17)7-2-3-10(11,12)4-7/h5-7H,2-4H2,1H3,(H,15,17)(H,13,14,16). The molecule has 1 amide bonds. The molecule has 2 atom stereocenters. The highest BCUT2D eigenvalue weighted by molar-refractivity contribution is 5.79. The molecule has 1 aromatic heterocycles. The van der Waals surface area contributed by atoms with Crippen LogP contribution in [-0.4, -0.2) is 27.0 Å². The molecule has 1 aromatic rings. The van der Waals surface area contributed by atoms with Gasteiger partial charge >= 0.3 is 0 Å². The van der Waals surface area contributed by atoms with Gasteiger partial charge in [0.05, 0.1) is 6.04 Å². The van der Waals surface area contributed by atoms with Gasteiger partial charge in [-0.1, -0.05) is 0 Å². The van der Waals surface area contributed by atoms with Gasteiger partial charge in [-0.25, -0.2) is 13.8 Å². The summed E-state index contributed by atoms with van der Waals surface area (Å²) < 4.78 is 25.9. The molecule has 0 bridgehead atoms. The van der Waals surface area contributed by atoms with Gasteiger partial charge in [-0.2, -0.15) is 5.10 Å². The molecule has 2 unspecified atom stereocenters. The van der Waals surface area contributed by atoms with Gasteiger partial charge in [-0.3, -0.25) is 9.89 Å². The maximum absolute atomic E-state index is 13.0. The number of rotatable bonds is 3. The molecular weight excluding hydrogens is 230 g/mol. The Kier molecular flexibility index (Phi) is 3.08. The maximum Gasteiger partial charge on any atom is 0.248 e. The van der Waals surface area contributed by atoms with Crippen molar-refractivity contribution in [2.24, 2.45) is 5.92 Å². The monoisotopic (exact) mass is 244 g/mol. The minimum Gasteiger partial charge on any atom is -0.346 e. The molecule has 1 fully saturated rings. The summed E-state index contributed by atoms with van der Waals surface area (Å²) in [7, 11) is 0. The summed E-state index contributed by atoms with van der Waals surface area (Å²) in [6, 6.07) is -0.348. The second-order valence-corrected chi connectivity index (χ2v) is 4.40. The zero-order chi connectivity index (χ0) is 12.5. The van der Waals surface area contributed by atoms with E-state index < -0.39 is 11.8 Å². The van der Waals surface area contributed by atoms with Crippen molar-refractivity contribution < 1.29 is 13.6 Å². The number of H-pyrrole nitrogens is 1. The van der Waals surface area contributed by atoms with Gasteiger partial charge in [0.25, 0.3) is 0 Å². The van der Waals surface area contributed by atoms with Crippen LogP contribution >= 0.6 is 0 Å². The third-order valence-electron chi connectivity index (χ3n) is 2.98. The largest absolute Gasteiger partial charge is 0.346 e. The summed E-state index contributed by atoms with van der Waals surface area (Å²) in [5.41, 5.74) is 0. The van der Waals surface area contributed by atoms with E-state index in [-0.39, 0.29) is 31.2 Å². The van der Waals surface area contributed by atoms with Gasteiger partial charge in [0.2, 0.25) is 11.8 Å². The van der Waals surface area contributed by atoms with Crippen molar-refractivity contribution in [1.82, 2.24) is 20.5 Å². The minimum absolute atomic E-state index is 0.207. The number of nitrogens with zero attached hydrogens (tertiary/aromatic N) is 2. The number of nitrogens with one attached hydrogen (secondary N) is 2. The Morgan fingerprint density at radius 3 is 3.00 bits per heavy atom. The van der Waals surface area contributed by atoms with Crippen LogP contribution in [0.5, 0.6) is 0 Å². The first kappa shape index (κ1) is 11.9. The first-order valence-electron chi connectivity index (χ1n) is 5.51. The molecule has 7 heteroatoms. The average Bonchev–Trinajstić information content (AvgIpc) is 2.86. The molecule has 0 aromatic carbocycles. The normalized spacial score (nSPS) is 24.5.